The van der Waals surface area contributed by atoms with E-state index in [1.165, 1.54) is 0 Å². The first-order valence-corrected chi connectivity index (χ1v) is 14.0. The zero-order chi connectivity index (χ0) is 29.2. The van der Waals surface area contributed by atoms with E-state index in [-0.39, 0.29) is 29.8 Å². The minimum Gasteiger partial charge on any atom is -0.394 e. The van der Waals surface area contributed by atoms with Gasteiger partial charge in [-0.3, -0.25) is 19.2 Å². The molecule has 4 aromatic rings. The lowest BCUT2D eigenvalue weighted by atomic mass is 9.83. The first-order chi connectivity index (χ1) is 20.4. The van der Waals surface area contributed by atoms with Crippen molar-refractivity contribution in [3.8, 4) is 11.3 Å². The molecular weight excluding hydrogens is 534 g/mol. The molecule has 42 heavy (non-hydrogen) atoms. The standard InChI is InChI=1S/C32H31N5O5/c38-19-27(32(42)36-16-20-13-22(18-36)28-11-6-12-30(40)37(28)17-20)35-29(39)15-33-31(41)24-14-26(21-7-2-1-3-8-21)34-25-10-5-4-9-23(24)25/h1-12,14,20,22,27,38H,13,15-19H2,(H,33,41)(H,35,39). The fourth-order valence-electron chi connectivity index (χ4n) is 6.10. The summed E-state index contributed by atoms with van der Waals surface area (Å²) in [5.74, 6) is -1.30. The number of nitrogens with zero attached hydrogens (tertiary/aromatic N) is 3. The maximum atomic E-state index is 13.3. The van der Waals surface area contributed by atoms with Gasteiger partial charge in [-0.15, -0.1) is 0 Å². The van der Waals surface area contributed by atoms with E-state index in [1.807, 2.05) is 54.6 Å². The molecule has 2 aliphatic rings. The summed E-state index contributed by atoms with van der Waals surface area (Å²) < 4.78 is 1.78. The Balaban J connectivity index is 1.11. The molecule has 0 aliphatic carbocycles. The third-order valence-corrected chi connectivity index (χ3v) is 8.05. The Labute approximate surface area is 242 Å². The lowest BCUT2D eigenvalue weighted by Gasteiger charge is -2.43. The third-order valence-electron chi connectivity index (χ3n) is 8.05. The van der Waals surface area contributed by atoms with Gasteiger partial charge in [0.1, 0.15) is 6.04 Å². The number of rotatable bonds is 7. The maximum Gasteiger partial charge on any atom is 0.252 e. The van der Waals surface area contributed by atoms with E-state index in [4.69, 9.17) is 0 Å². The number of likely N-dealkylation sites (tertiary alicyclic amines) is 1. The number of carbonyl (C=O) groups is 3. The van der Waals surface area contributed by atoms with E-state index in [9.17, 15) is 24.3 Å². The zero-order valence-corrected chi connectivity index (χ0v) is 22.9. The summed E-state index contributed by atoms with van der Waals surface area (Å²) in [4.78, 5) is 58.1. The van der Waals surface area contributed by atoms with Gasteiger partial charge in [0.2, 0.25) is 11.8 Å². The molecule has 2 bridgehead atoms. The van der Waals surface area contributed by atoms with Gasteiger partial charge >= 0.3 is 0 Å². The van der Waals surface area contributed by atoms with Crippen molar-refractivity contribution in [1.29, 1.82) is 0 Å². The average molecular weight is 566 g/mol. The number of para-hydroxylation sites is 1. The van der Waals surface area contributed by atoms with Gasteiger partial charge in [0.25, 0.3) is 11.5 Å². The summed E-state index contributed by atoms with van der Waals surface area (Å²) in [6.45, 7) is 0.434. The number of hydrogen-bond acceptors (Lipinski definition) is 6. The van der Waals surface area contributed by atoms with Crippen molar-refractivity contribution in [3.05, 3.63) is 100 Å². The predicted molar refractivity (Wildman–Crippen MR) is 157 cm³/mol. The monoisotopic (exact) mass is 565 g/mol. The van der Waals surface area contributed by atoms with Crippen molar-refractivity contribution in [2.45, 2.75) is 24.9 Å². The number of aliphatic hydroxyl groups excluding tert-OH is 1. The summed E-state index contributed by atoms with van der Waals surface area (Å²) in [6, 6.07) is 22.6. The number of fused-ring (bicyclic) bond motifs is 5. The molecule has 0 saturated carbocycles. The Bertz CT molecular complexity index is 1720. The van der Waals surface area contributed by atoms with E-state index < -0.39 is 24.5 Å². The molecule has 0 radical (unpaired) electrons. The molecule has 1 saturated heterocycles. The second-order valence-corrected chi connectivity index (χ2v) is 10.9. The third kappa shape index (κ3) is 5.40. The molecule has 6 rings (SSSR count). The fraction of sp³-hybridized carbons (Fsp3) is 0.281. The van der Waals surface area contributed by atoms with Gasteiger partial charge < -0.3 is 25.2 Å². The Kier molecular flexibility index (Phi) is 7.54. The average Bonchev–Trinajstić information content (AvgIpc) is 3.02. The van der Waals surface area contributed by atoms with E-state index in [2.05, 4.69) is 15.6 Å². The minimum absolute atomic E-state index is 0.0145. The Morgan fingerprint density at radius 2 is 1.74 bits per heavy atom. The van der Waals surface area contributed by atoms with Crippen LogP contribution in [0.2, 0.25) is 0 Å². The van der Waals surface area contributed by atoms with Crippen LogP contribution in [0.15, 0.2) is 83.7 Å². The van der Waals surface area contributed by atoms with Gasteiger partial charge in [-0.25, -0.2) is 4.98 Å². The van der Waals surface area contributed by atoms with Crippen molar-refractivity contribution in [1.82, 2.24) is 25.1 Å². The minimum atomic E-state index is -1.14. The summed E-state index contributed by atoms with van der Waals surface area (Å²) in [6.07, 6.45) is 0.880. The highest BCUT2D eigenvalue weighted by Gasteiger charge is 2.38. The molecule has 2 aromatic carbocycles. The second-order valence-electron chi connectivity index (χ2n) is 10.9. The Morgan fingerprint density at radius 3 is 2.55 bits per heavy atom. The molecule has 1 fully saturated rings. The van der Waals surface area contributed by atoms with Crippen LogP contribution in [0.4, 0.5) is 0 Å². The Morgan fingerprint density at radius 1 is 0.952 bits per heavy atom. The number of aliphatic hydroxyl groups is 1. The molecule has 0 spiro atoms. The molecular formula is C32H31N5O5. The quantitative estimate of drug-likeness (QED) is 0.314. The number of nitrogens with one attached hydrogen (secondary N) is 2. The zero-order valence-electron chi connectivity index (χ0n) is 22.9. The van der Waals surface area contributed by atoms with Crippen molar-refractivity contribution in [2.75, 3.05) is 26.2 Å². The van der Waals surface area contributed by atoms with Crippen LogP contribution in [0, 0.1) is 5.92 Å². The van der Waals surface area contributed by atoms with E-state index >= 15 is 0 Å². The smallest absolute Gasteiger partial charge is 0.252 e. The number of hydrogen-bond donors (Lipinski definition) is 3. The van der Waals surface area contributed by atoms with E-state index in [0.717, 1.165) is 17.7 Å². The van der Waals surface area contributed by atoms with Crippen molar-refractivity contribution < 1.29 is 19.5 Å². The largest absolute Gasteiger partial charge is 0.394 e. The van der Waals surface area contributed by atoms with Crippen LogP contribution in [0.3, 0.4) is 0 Å². The SMILES string of the molecule is O=C(CNC(=O)c1cc(-c2ccccc2)nc2ccccc12)NC(CO)C(=O)N1CC2CC(C1)c1cccc(=O)n1C2. The molecule has 3 unspecified atom stereocenters. The predicted octanol–water partition coefficient (Wildman–Crippen LogP) is 1.92. The van der Waals surface area contributed by atoms with E-state index in [1.54, 1.807) is 33.7 Å². The summed E-state index contributed by atoms with van der Waals surface area (Å²) in [7, 11) is 0. The molecule has 3 atom stereocenters. The number of pyridine rings is 2. The fourth-order valence-corrected chi connectivity index (χ4v) is 6.10. The van der Waals surface area contributed by atoms with Crippen LogP contribution < -0.4 is 16.2 Å². The highest BCUT2D eigenvalue weighted by Crippen LogP contribution is 2.35. The van der Waals surface area contributed by atoms with Gasteiger partial charge in [-0.05, 0) is 30.5 Å². The van der Waals surface area contributed by atoms with Crippen LogP contribution >= 0.6 is 0 Å². The molecule has 4 heterocycles. The highest BCUT2D eigenvalue weighted by molar-refractivity contribution is 6.08. The second kappa shape index (κ2) is 11.6. The molecule has 2 aromatic heterocycles. The van der Waals surface area contributed by atoms with Gasteiger partial charge in [0.05, 0.1) is 29.9 Å². The van der Waals surface area contributed by atoms with Crippen molar-refractivity contribution in [3.63, 3.8) is 0 Å². The number of piperidine rings is 1. The molecule has 3 amide bonds. The van der Waals surface area contributed by atoms with Crippen LogP contribution in [-0.2, 0) is 16.1 Å². The Hall–Kier alpha value is -4.83. The van der Waals surface area contributed by atoms with Crippen LogP contribution in [0.25, 0.3) is 22.2 Å². The molecule has 214 valence electrons. The molecule has 3 N–H and O–H groups in total. The van der Waals surface area contributed by atoms with Gasteiger partial charge in [0.15, 0.2) is 0 Å². The van der Waals surface area contributed by atoms with Crippen molar-refractivity contribution >= 4 is 28.6 Å². The molecule has 2 aliphatic heterocycles. The van der Waals surface area contributed by atoms with Gasteiger partial charge in [-0.1, -0.05) is 54.6 Å². The molecule has 10 heteroatoms. The lowest BCUT2D eigenvalue weighted by molar-refractivity contribution is -0.139. The summed E-state index contributed by atoms with van der Waals surface area (Å²) >= 11 is 0. The topological polar surface area (TPSA) is 134 Å². The lowest BCUT2D eigenvalue weighted by Crippen LogP contribution is -2.56. The molecule has 10 nitrogen and oxygen atoms in total. The number of benzene rings is 2. The first-order valence-electron chi connectivity index (χ1n) is 14.0. The van der Waals surface area contributed by atoms with Crippen molar-refractivity contribution in [2.24, 2.45) is 5.92 Å². The van der Waals surface area contributed by atoms with Gasteiger partial charge in [0, 0.05) is 48.3 Å². The highest BCUT2D eigenvalue weighted by atomic mass is 16.3. The van der Waals surface area contributed by atoms with Crippen LogP contribution in [-0.4, -0.2) is 69.6 Å². The summed E-state index contributed by atoms with van der Waals surface area (Å²) in [5, 5.41) is 15.9. The van der Waals surface area contributed by atoms with Crippen LogP contribution in [0.5, 0.6) is 0 Å². The normalized spacial score (nSPS) is 18.2. The number of aromatic nitrogens is 2. The number of amides is 3. The van der Waals surface area contributed by atoms with Crippen LogP contribution in [0.1, 0.15) is 28.4 Å². The first kappa shape index (κ1) is 27.3. The number of carbonyl (C=O) groups excluding carboxylic acids is 3. The van der Waals surface area contributed by atoms with E-state index in [0.29, 0.717) is 41.8 Å². The maximum absolute atomic E-state index is 13.3. The van der Waals surface area contributed by atoms with Gasteiger partial charge in [-0.2, -0.15) is 0 Å². The summed E-state index contributed by atoms with van der Waals surface area (Å²) in [5.41, 5.74) is 3.38.